The summed E-state index contributed by atoms with van der Waals surface area (Å²) in [7, 11) is -2.70. The summed E-state index contributed by atoms with van der Waals surface area (Å²) in [4.78, 5) is -0.190. The summed E-state index contributed by atoms with van der Waals surface area (Å²) in [5.41, 5.74) is 0.361. The molecular formula is C17H16FNO5S. The zero-order chi connectivity index (χ0) is 18.0. The fraction of sp³-hybridized carbons (Fsp3) is 0.176. The summed E-state index contributed by atoms with van der Waals surface area (Å²) in [5.74, 6) is 0.197. The molecule has 25 heavy (non-hydrogen) atoms. The lowest BCUT2D eigenvalue weighted by Gasteiger charge is -2.23. The molecule has 0 saturated heterocycles. The number of benzene rings is 2. The van der Waals surface area contributed by atoms with Gasteiger partial charge in [-0.25, -0.2) is 12.8 Å². The molecule has 0 spiro atoms. The van der Waals surface area contributed by atoms with Gasteiger partial charge in [-0.15, -0.1) is 6.58 Å². The van der Waals surface area contributed by atoms with Crippen molar-refractivity contribution in [2.24, 2.45) is 0 Å². The second-order valence-corrected chi connectivity index (χ2v) is 7.02. The highest BCUT2D eigenvalue weighted by atomic mass is 32.2. The summed E-state index contributed by atoms with van der Waals surface area (Å²) < 4.78 is 56.4. The predicted molar refractivity (Wildman–Crippen MR) is 90.2 cm³/mol. The molecule has 1 aliphatic rings. The number of sulfonamides is 1. The van der Waals surface area contributed by atoms with Crippen molar-refractivity contribution < 1.29 is 27.0 Å². The molecule has 2 aromatic rings. The summed E-state index contributed by atoms with van der Waals surface area (Å²) >= 11 is 0. The van der Waals surface area contributed by atoms with E-state index in [0.29, 0.717) is 17.2 Å². The van der Waals surface area contributed by atoms with E-state index in [-0.39, 0.29) is 24.0 Å². The Kier molecular flexibility index (Phi) is 4.54. The van der Waals surface area contributed by atoms with Gasteiger partial charge in [0.2, 0.25) is 6.79 Å². The number of hydrogen-bond acceptors (Lipinski definition) is 5. The van der Waals surface area contributed by atoms with Crippen molar-refractivity contribution in [2.45, 2.75) is 4.90 Å². The Bertz CT molecular complexity index is 913. The smallest absolute Gasteiger partial charge is 0.264 e. The molecule has 6 nitrogen and oxygen atoms in total. The van der Waals surface area contributed by atoms with Gasteiger partial charge in [0, 0.05) is 6.07 Å². The maximum absolute atomic E-state index is 13.9. The van der Waals surface area contributed by atoms with E-state index in [1.807, 2.05) is 0 Å². The van der Waals surface area contributed by atoms with Gasteiger partial charge in [-0.05, 0) is 30.3 Å². The monoisotopic (exact) mass is 365 g/mol. The minimum atomic E-state index is -4.01. The number of hydrogen-bond donors (Lipinski definition) is 0. The van der Waals surface area contributed by atoms with Crippen LogP contribution in [0.1, 0.15) is 0 Å². The molecule has 0 unspecified atom stereocenters. The van der Waals surface area contributed by atoms with Gasteiger partial charge in [-0.2, -0.15) is 0 Å². The first-order valence-corrected chi connectivity index (χ1v) is 8.78. The molecule has 0 aliphatic carbocycles. The Morgan fingerprint density at radius 2 is 2.00 bits per heavy atom. The van der Waals surface area contributed by atoms with Crippen LogP contribution in [0.3, 0.4) is 0 Å². The molecule has 0 amide bonds. The number of nitrogens with zero attached hydrogens (tertiary/aromatic N) is 1. The Morgan fingerprint density at radius 1 is 1.24 bits per heavy atom. The van der Waals surface area contributed by atoms with Crippen molar-refractivity contribution in [1.29, 1.82) is 0 Å². The van der Waals surface area contributed by atoms with E-state index < -0.39 is 15.8 Å². The van der Waals surface area contributed by atoms with Crippen LogP contribution in [0.25, 0.3) is 0 Å². The van der Waals surface area contributed by atoms with Crippen LogP contribution in [0.2, 0.25) is 0 Å². The lowest BCUT2D eigenvalue weighted by molar-refractivity contribution is 0.174. The third-order valence-corrected chi connectivity index (χ3v) is 5.44. The average Bonchev–Trinajstić information content (AvgIpc) is 3.07. The highest BCUT2D eigenvalue weighted by molar-refractivity contribution is 7.92. The van der Waals surface area contributed by atoms with Crippen LogP contribution in [0.5, 0.6) is 17.2 Å². The summed E-state index contributed by atoms with van der Waals surface area (Å²) in [6.45, 7) is 3.68. The van der Waals surface area contributed by atoms with Gasteiger partial charge in [0.1, 0.15) is 0 Å². The van der Waals surface area contributed by atoms with Crippen molar-refractivity contribution >= 4 is 15.7 Å². The fourth-order valence-corrected chi connectivity index (χ4v) is 3.87. The molecule has 2 aromatic carbocycles. The van der Waals surface area contributed by atoms with E-state index in [2.05, 4.69) is 6.58 Å². The molecule has 1 aliphatic heterocycles. The van der Waals surface area contributed by atoms with Crippen LogP contribution in [-0.4, -0.2) is 28.9 Å². The topological polar surface area (TPSA) is 65.1 Å². The highest BCUT2D eigenvalue weighted by Crippen LogP contribution is 2.37. The van der Waals surface area contributed by atoms with Crippen molar-refractivity contribution in [3.05, 3.63) is 54.9 Å². The van der Waals surface area contributed by atoms with Crippen LogP contribution < -0.4 is 18.5 Å². The van der Waals surface area contributed by atoms with Gasteiger partial charge in [0.15, 0.2) is 23.1 Å². The molecule has 1 heterocycles. The molecular weight excluding hydrogens is 349 g/mol. The third-order valence-electron chi connectivity index (χ3n) is 3.65. The molecule has 0 fully saturated rings. The van der Waals surface area contributed by atoms with Gasteiger partial charge in [-0.3, -0.25) is 4.31 Å². The van der Waals surface area contributed by atoms with Crippen molar-refractivity contribution in [3.63, 3.8) is 0 Å². The molecule has 0 atom stereocenters. The van der Waals surface area contributed by atoms with Gasteiger partial charge in [0.05, 0.1) is 24.2 Å². The molecule has 3 rings (SSSR count). The number of halogens is 1. The molecule has 0 aromatic heterocycles. The summed E-state index contributed by atoms with van der Waals surface area (Å²) in [5, 5.41) is 0. The first-order valence-electron chi connectivity index (χ1n) is 7.34. The minimum Gasteiger partial charge on any atom is -0.494 e. The first-order chi connectivity index (χ1) is 12.0. The second-order valence-electron chi connectivity index (χ2n) is 5.16. The maximum atomic E-state index is 13.9. The predicted octanol–water partition coefficient (Wildman–Crippen LogP) is 2.94. The Morgan fingerprint density at radius 3 is 2.68 bits per heavy atom. The quantitative estimate of drug-likeness (QED) is 0.737. The second kappa shape index (κ2) is 6.64. The molecule has 132 valence electrons. The van der Waals surface area contributed by atoms with Gasteiger partial charge in [0.25, 0.3) is 10.0 Å². The minimum absolute atomic E-state index is 0.00955. The summed E-state index contributed by atoms with van der Waals surface area (Å²) in [6.07, 6.45) is 1.45. The lowest BCUT2D eigenvalue weighted by atomic mass is 10.3. The number of methoxy groups -OCH3 is 1. The number of fused-ring (bicyclic) bond motifs is 1. The largest absolute Gasteiger partial charge is 0.494 e. The molecule has 0 bridgehead atoms. The van der Waals surface area contributed by atoms with Crippen LogP contribution >= 0.6 is 0 Å². The van der Waals surface area contributed by atoms with Crippen molar-refractivity contribution in [2.75, 3.05) is 24.8 Å². The van der Waals surface area contributed by atoms with Crippen LogP contribution in [0.4, 0.5) is 10.1 Å². The number of anilines is 1. The van der Waals surface area contributed by atoms with E-state index in [1.54, 1.807) is 18.2 Å². The van der Waals surface area contributed by atoms with E-state index in [9.17, 15) is 12.8 Å². The molecule has 0 N–H and O–H groups in total. The normalized spacial score (nSPS) is 12.7. The van der Waals surface area contributed by atoms with Gasteiger partial charge < -0.3 is 14.2 Å². The number of ether oxygens (including phenoxy) is 3. The maximum Gasteiger partial charge on any atom is 0.264 e. The molecule has 8 heteroatoms. The fourth-order valence-electron chi connectivity index (χ4n) is 2.43. The van der Waals surface area contributed by atoms with Gasteiger partial charge in [-0.1, -0.05) is 6.08 Å². The number of rotatable bonds is 6. The van der Waals surface area contributed by atoms with Gasteiger partial charge >= 0.3 is 0 Å². The Labute approximate surface area is 145 Å². The van der Waals surface area contributed by atoms with Crippen molar-refractivity contribution in [3.8, 4) is 17.2 Å². The molecule has 0 saturated carbocycles. The third kappa shape index (κ3) is 3.12. The van der Waals surface area contributed by atoms with Crippen LogP contribution in [0.15, 0.2) is 53.9 Å². The van der Waals surface area contributed by atoms with E-state index >= 15 is 0 Å². The first kappa shape index (κ1) is 17.1. The zero-order valence-corrected chi connectivity index (χ0v) is 14.3. The average molecular weight is 365 g/mol. The lowest BCUT2D eigenvalue weighted by Crippen LogP contribution is -2.31. The van der Waals surface area contributed by atoms with Crippen LogP contribution in [-0.2, 0) is 10.0 Å². The van der Waals surface area contributed by atoms with Crippen LogP contribution in [0, 0.1) is 5.82 Å². The Balaban J connectivity index is 2.04. The molecule has 0 radical (unpaired) electrons. The summed E-state index contributed by atoms with van der Waals surface area (Å²) in [6, 6.07) is 8.26. The zero-order valence-electron chi connectivity index (χ0n) is 13.4. The van der Waals surface area contributed by atoms with E-state index in [4.69, 9.17) is 14.2 Å². The SMILES string of the molecule is C=CCN(c1ccc2c(c1)OCO2)S(=O)(=O)c1ccc(OC)c(F)c1. The van der Waals surface area contributed by atoms with E-state index in [0.717, 1.165) is 10.4 Å². The van der Waals surface area contributed by atoms with E-state index in [1.165, 1.54) is 25.3 Å². The van der Waals surface area contributed by atoms with Crippen molar-refractivity contribution in [1.82, 2.24) is 0 Å². The standard InChI is InChI=1S/C17H16FNO5S/c1-3-8-19(12-4-6-16-17(9-12)24-11-23-16)25(20,21)13-5-7-15(22-2)14(18)10-13/h3-7,9-10H,1,8,11H2,2H3. The Hall–Kier alpha value is -2.74. The highest BCUT2D eigenvalue weighted by Gasteiger charge is 2.27.